The van der Waals surface area contributed by atoms with E-state index in [4.69, 9.17) is 0 Å². The van der Waals surface area contributed by atoms with Gasteiger partial charge in [-0.25, -0.2) is 14.1 Å². The van der Waals surface area contributed by atoms with Crippen molar-refractivity contribution in [1.29, 1.82) is 0 Å². The van der Waals surface area contributed by atoms with E-state index in [1.807, 2.05) is 30.3 Å². The largest absolute Gasteiger partial charge is 0.389 e. The summed E-state index contributed by atoms with van der Waals surface area (Å²) in [5, 5.41) is 4.07. The van der Waals surface area contributed by atoms with Crippen LogP contribution in [-0.4, -0.2) is 20.9 Å². The fourth-order valence-electron chi connectivity index (χ4n) is 2.54. The molecule has 0 saturated carbocycles. The van der Waals surface area contributed by atoms with E-state index in [2.05, 4.69) is 10.1 Å². The molecule has 2 atom stereocenters. The molecule has 0 radical (unpaired) electrons. The second-order valence-corrected chi connectivity index (χ2v) is 5.08. The summed E-state index contributed by atoms with van der Waals surface area (Å²) < 4.78 is 52.1. The van der Waals surface area contributed by atoms with Gasteiger partial charge >= 0.3 is 6.18 Å². The first kappa shape index (κ1) is 14.0. The average Bonchev–Trinajstić information content (AvgIpc) is 2.98. The molecular formula is C14H13F4N3. The van der Waals surface area contributed by atoms with E-state index in [0.717, 1.165) is 5.56 Å². The van der Waals surface area contributed by atoms with Gasteiger partial charge in [-0.05, 0) is 5.56 Å². The molecule has 7 heteroatoms. The Bertz CT molecular complexity index is 621. The Balaban J connectivity index is 1.84. The zero-order valence-electron chi connectivity index (χ0n) is 11.0. The van der Waals surface area contributed by atoms with Gasteiger partial charge in [0.2, 0.25) is 0 Å². The highest BCUT2D eigenvalue weighted by atomic mass is 19.4. The van der Waals surface area contributed by atoms with Gasteiger partial charge < -0.3 is 0 Å². The second kappa shape index (κ2) is 5.13. The van der Waals surface area contributed by atoms with Crippen LogP contribution >= 0.6 is 0 Å². The third-order valence-corrected chi connectivity index (χ3v) is 3.52. The minimum atomic E-state index is -4.26. The summed E-state index contributed by atoms with van der Waals surface area (Å²) in [4.78, 5) is 3.93. The Morgan fingerprint density at radius 1 is 1.19 bits per heavy atom. The first-order valence-electron chi connectivity index (χ1n) is 6.65. The molecule has 21 heavy (non-hydrogen) atoms. The summed E-state index contributed by atoms with van der Waals surface area (Å²) in [6.07, 6.45) is -6.65. The molecule has 112 valence electrons. The van der Waals surface area contributed by atoms with Crippen LogP contribution in [0.5, 0.6) is 0 Å². The van der Waals surface area contributed by atoms with Crippen molar-refractivity contribution < 1.29 is 17.6 Å². The minimum Gasteiger partial charge on any atom is -0.239 e. The number of nitrogens with zero attached hydrogens (tertiary/aromatic N) is 3. The lowest BCUT2D eigenvalue weighted by molar-refractivity contribution is -0.134. The predicted molar refractivity (Wildman–Crippen MR) is 67.4 cm³/mol. The fourth-order valence-corrected chi connectivity index (χ4v) is 2.54. The van der Waals surface area contributed by atoms with Crippen molar-refractivity contribution in [3.63, 3.8) is 0 Å². The highest BCUT2D eigenvalue weighted by molar-refractivity contribution is 5.23. The second-order valence-electron chi connectivity index (χ2n) is 5.08. The Kier molecular flexibility index (Phi) is 3.43. The maximum atomic E-state index is 14.0. The van der Waals surface area contributed by atoms with Crippen molar-refractivity contribution in [3.05, 3.63) is 47.5 Å². The van der Waals surface area contributed by atoms with E-state index in [1.54, 1.807) is 0 Å². The summed E-state index contributed by atoms with van der Waals surface area (Å²) in [7, 11) is 0. The van der Waals surface area contributed by atoms with Crippen LogP contribution in [0.4, 0.5) is 17.6 Å². The fraction of sp³-hybridized carbons (Fsp3) is 0.429. The predicted octanol–water partition coefficient (Wildman–Crippen LogP) is 3.78. The van der Waals surface area contributed by atoms with Gasteiger partial charge in [-0.15, -0.1) is 0 Å². The van der Waals surface area contributed by atoms with Crippen LogP contribution < -0.4 is 0 Å². The van der Waals surface area contributed by atoms with Crippen molar-refractivity contribution in [1.82, 2.24) is 14.8 Å². The first-order valence-corrected chi connectivity index (χ1v) is 6.65. The molecule has 0 unspecified atom stereocenters. The number of benzene rings is 1. The number of alkyl halides is 4. The molecule has 0 N–H and O–H groups in total. The number of hydrogen-bond donors (Lipinski definition) is 0. The Labute approximate surface area is 118 Å². The van der Waals surface area contributed by atoms with E-state index in [9.17, 15) is 17.6 Å². The first-order chi connectivity index (χ1) is 9.94. The molecule has 1 aliphatic rings. The molecule has 0 bridgehead atoms. The molecular weight excluding hydrogens is 286 g/mol. The van der Waals surface area contributed by atoms with Crippen LogP contribution in [0.25, 0.3) is 0 Å². The molecule has 1 aromatic carbocycles. The minimum absolute atomic E-state index is 0.0469. The van der Waals surface area contributed by atoms with Crippen LogP contribution in [0.3, 0.4) is 0 Å². The van der Waals surface area contributed by atoms with Crippen LogP contribution in [0.2, 0.25) is 0 Å². The van der Waals surface area contributed by atoms with Crippen molar-refractivity contribution in [3.8, 4) is 0 Å². The SMILES string of the molecule is F[C@H]1C[C@@H](c2ccccc2)n2nc(CCC(F)(F)F)nc21. The van der Waals surface area contributed by atoms with E-state index in [1.165, 1.54) is 4.68 Å². The molecule has 1 aliphatic heterocycles. The van der Waals surface area contributed by atoms with E-state index >= 15 is 0 Å². The van der Waals surface area contributed by atoms with E-state index in [-0.39, 0.29) is 30.5 Å². The zero-order valence-corrected chi connectivity index (χ0v) is 11.0. The van der Waals surface area contributed by atoms with Gasteiger partial charge in [0.05, 0.1) is 12.5 Å². The lowest BCUT2D eigenvalue weighted by Crippen LogP contribution is -2.11. The van der Waals surface area contributed by atoms with Crippen LogP contribution in [-0.2, 0) is 6.42 Å². The maximum absolute atomic E-state index is 14.0. The molecule has 0 saturated heterocycles. The summed E-state index contributed by atoms with van der Waals surface area (Å²) in [6, 6.07) is 8.92. The van der Waals surface area contributed by atoms with Gasteiger partial charge in [0, 0.05) is 12.8 Å². The van der Waals surface area contributed by atoms with Crippen molar-refractivity contribution in [2.75, 3.05) is 0 Å². The summed E-state index contributed by atoms with van der Waals surface area (Å²) in [6.45, 7) is 0. The van der Waals surface area contributed by atoms with Crippen LogP contribution in [0, 0.1) is 0 Å². The summed E-state index contributed by atoms with van der Waals surface area (Å²) in [5.41, 5.74) is 0.881. The Morgan fingerprint density at radius 2 is 1.90 bits per heavy atom. The Hall–Kier alpha value is -1.92. The third kappa shape index (κ3) is 2.91. The number of rotatable bonds is 3. The molecule has 3 rings (SSSR count). The molecule has 0 spiro atoms. The number of hydrogen-bond acceptors (Lipinski definition) is 2. The normalized spacial score (nSPS) is 21.5. The molecule has 1 aromatic heterocycles. The van der Waals surface area contributed by atoms with Gasteiger partial charge in [-0.2, -0.15) is 18.3 Å². The lowest BCUT2D eigenvalue weighted by atomic mass is 10.0. The van der Waals surface area contributed by atoms with Gasteiger partial charge in [-0.1, -0.05) is 30.3 Å². The smallest absolute Gasteiger partial charge is 0.239 e. The topological polar surface area (TPSA) is 30.7 Å². The van der Waals surface area contributed by atoms with Crippen molar-refractivity contribution >= 4 is 0 Å². The van der Waals surface area contributed by atoms with Crippen LogP contribution in [0.15, 0.2) is 30.3 Å². The molecule has 0 fully saturated rings. The van der Waals surface area contributed by atoms with Crippen molar-refractivity contribution in [2.45, 2.75) is 37.7 Å². The standard InChI is InChI=1S/C14H13F4N3/c15-10-8-11(9-4-2-1-3-5-9)21-13(10)19-12(20-21)6-7-14(16,17)18/h1-5,10-11H,6-8H2/t10-,11-/m0/s1. The molecule has 2 aromatic rings. The average molecular weight is 299 g/mol. The van der Waals surface area contributed by atoms with Crippen LogP contribution in [0.1, 0.15) is 42.3 Å². The van der Waals surface area contributed by atoms with Gasteiger partial charge in [0.25, 0.3) is 0 Å². The molecule has 0 amide bonds. The van der Waals surface area contributed by atoms with Gasteiger partial charge in [0.15, 0.2) is 17.8 Å². The summed E-state index contributed by atoms with van der Waals surface area (Å²) in [5.74, 6) is 0.173. The highest BCUT2D eigenvalue weighted by Gasteiger charge is 2.36. The molecule has 2 heterocycles. The number of aromatic nitrogens is 3. The number of aryl methyl sites for hydroxylation is 1. The Morgan fingerprint density at radius 3 is 2.57 bits per heavy atom. The number of fused-ring (bicyclic) bond motifs is 1. The highest BCUT2D eigenvalue weighted by Crippen LogP contribution is 2.39. The zero-order chi connectivity index (χ0) is 15.0. The quantitative estimate of drug-likeness (QED) is 0.808. The summed E-state index contributed by atoms with van der Waals surface area (Å²) >= 11 is 0. The molecule has 3 nitrogen and oxygen atoms in total. The number of halogens is 4. The van der Waals surface area contributed by atoms with Gasteiger partial charge in [0.1, 0.15) is 0 Å². The van der Waals surface area contributed by atoms with Crippen molar-refractivity contribution in [2.24, 2.45) is 0 Å². The van der Waals surface area contributed by atoms with Gasteiger partial charge in [-0.3, -0.25) is 0 Å². The monoisotopic (exact) mass is 299 g/mol. The maximum Gasteiger partial charge on any atom is 0.389 e. The van der Waals surface area contributed by atoms with E-state index < -0.39 is 18.8 Å². The molecule has 0 aliphatic carbocycles. The lowest BCUT2D eigenvalue weighted by Gasteiger charge is -2.11. The van der Waals surface area contributed by atoms with E-state index in [0.29, 0.717) is 0 Å². The third-order valence-electron chi connectivity index (χ3n) is 3.52.